The summed E-state index contributed by atoms with van der Waals surface area (Å²) in [6.07, 6.45) is 4.91. The van der Waals surface area contributed by atoms with Crippen molar-refractivity contribution in [2.75, 3.05) is 6.54 Å². The summed E-state index contributed by atoms with van der Waals surface area (Å²) in [4.78, 5) is 0. The number of halogens is 1. The topological polar surface area (TPSA) is 12.0 Å². The Labute approximate surface area is 126 Å². The number of fused-ring (bicyclic) bond motifs is 1. The molecular formula is C19H22FN. The standard InChI is InChI=1S/C19H22FN/c1-2-21-13-18-10-9-17(12-19(18)20)16-8-7-14-5-3-4-6-15(14)11-16/h7-12,21H,2-6,13H2,1H3. The molecule has 0 bridgehead atoms. The van der Waals surface area contributed by atoms with E-state index in [2.05, 4.69) is 23.5 Å². The fourth-order valence-electron chi connectivity index (χ4n) is 3.04. The first-order valence-corrected chi connectivity index (χ1v) is 7.89. The number of benzene rings is 2. The Balaban J connectivity index is 1.88. The molecule has 0 saturated heterocycles. The summed E-state index contributed by atoms with van der Waals surface area (Å²) in [5.41, 5.74) is 5.74. The van der Waals surface area contributed by atoms with Gasteiger partial charge in [0.05, 0.1) is 0 Å². The van der Waals surface area contributed by atoms with Gasteiger partial charge in [-0.3, -0.25) is 0 Å². The molecule has 0 heterocycles. The molecule has 0 atom stereocenters. The van der Waals surface area contributed by atoms with Gasteiger partial charge < -0.3 is 5.32 Å². The van der Waals surface area contributed by atoms with Crippen molar-refractivity contribution < 1.29 is 4.39 Å². The minimum Gasteiger partial charge on any atom is -0.313 e. The molecule has 0 aliphatic heterocycles. The molecule has 0 unspecified atom stereocenters. The zero-order valence-corrected chi connectivity index (χ0v) is 12.6. The highest BCUT2D eigenvalue weighted by Crippen LogP contribution is 2.28. The van der Waals surface area contributed by atoms with Crippen LogP contribution in [0.3, 0.4) is 0 Å². The van der Waals surface area contributed by atoms with Crippen LogP contribution >= 0.6 is 0 Å². The molecule has 2 heteroatoms. The van der Waals surface area contributed by atoms with Crippen LogP contribution in [0.5, 0.6) is 0 Å². The van der Waals surface area contributed by atoms with Crippen molar-refractivity contribution in [2.45, 2.75) is 39.2 Å². The molecule has 1 nitrogen and oxygen atoms in total. The van der Waals surface area contributed by atoms with E-state index in [0.29, 0.717) is 6.54 Å². The first-order chi connectivity index (χ1) is 10.3. The maximum atomic E-state index is 14.2. The SMILES string of the molecule is CCNCc1ccc(-c2ccc3c(c2)CCCC3)cc1F. The Morgan fingerprint density at radius 3 is 2.43 bits per heavy atom. The number of hydrogen-bond donors (Lipinski definition) is 1. The van der Waals surface area contributed by atoms with E-state index < -0.39 is 0 Å². The van der Waals surface area contributed by atoms with Gasteiger partial charge in [-0.1, -0.05) is 37.3 Å². The van der Waals surface area contributed by atoms with Crippen molar-refractivity contribution in [1.29, 1.82) is 0 Å². The van der Waals surface area contributed by atoms with Crippen LogP contribution in [0.2, 0.25) is 0 Å². The summed E-state index contributed by atoms with van der Waals surface area (Å²) in [7, 11) is 0. The van der Waals surface area contributed by atoms with Crippen molar-refractivity contribution in [1.82, 2.24) is 5.32 Å². The summed E-state index contributed by atoms with van der Waals surface area (Å²) in [5.74, 6) is -0.119. The normalized spacial score (nSPS) is 14.0. The van der Waals surface area contributed by atoms with Crippen LogP contribution in [-0.4, -0.2) is 6.54 Å². The molecule has 21 heavy (non-hydrogen) atoms. The smallest absolute Gasteiger partial charge is 0.128 e. The van der Waals surface area contributed by atoms with E-state index in [1.807, 2.05) is 19.1 Å². The number of hydrogen-bond acceptors (Lipinski definition) is 1. The Morgan fingerprint density at radius 1 is 0.952 bits per heavy atom. The molecule has 0 fully saturated rings. The molecule has 110 valence electrons. The Kier molecular flexibility index (Phi) is 4.35. The third-order valence-electron chi connectivity index (χ3n) is 4.30. The van der Waals surface area contributed by atoms with Crippen LogP contribution < -0.4 is 5.32 Å². The van der Waals surface area contributed by atoms with E-state index >= 15 is 0 Å². The summed E-state index contributed by atoms with van der Waals surface area (Å²) in [6.45, 7) is 3.47. The molecule has 0 saturated carbocycles. The van der Waals surface area contributed by atoms with Crippen molar-refractivity contribution >= 4 is 0 Å². The number of nitrogens with one attached hydrogen (secondary N) is 1. The Bertz CT molecular complexity index is 633. The largest absolute Gasteiger partial charge is 0.313 e. The van der Waals surface area contributed by atoms with Crippen LogP contribution in [0.1, 0.15) is 36.5 Å². The van der Waals surface area contributed by atoms with Crippen LogP contribution in [0.15, 0.2) is 36.4 Å². The maximum Gasteiger partial charge on any atom is 0.128 e. The second-order valence-electron chi connectivity index (χ2n) is 5.78. The quantitative estimate of drug-likeness (QED) is 0.872. The van der Waals surface area contributed by atoms with Gasteiger partial charge in [0, 0.05) is 12.1 Å². The van der Waals surface area contributed by atoms with E-state index in [1.54, 1.807) is 6.07 Å². The van der Waals surface area contributed by atoms with Gasteiger partial charge in [-0.2, -0.15) is 0 Å². The van der Waals surface area contributed by atoms with Gasteiger partial charge in [0.15, 0.2) is 0 Å². The van der Waals surface area contributed by atoms with Crippen molar-refractivity contribution in [3.05, 3.63) is 58.9 Å². The lowest BCUT2D eigenvalue weighted by molar-refractivity contribution is 0.594. The number of aryl methyl sites for hydroxylation is 2. The lowest BCUT2D eigenvalue weighted by Gasteiger charge is -2.17. The van der Waals surface area contributed by atoms with Crippen LogP contribution in [0.25, 0.3) is 11.1 Å². The molecule has 1 aliphatic carbocycles. The van der Waals surface area contributed by atoms with Gasteiger partial charge >= 0.3 is 0 Å². The summed E-state index contributed by atoms with van der Waals surface area (Å²) >= 11 is 0. The monoisotopic (exact) mass is 283 g/mol. The second-order valence-corrected chi connectivity index (χ2v) is 5.78. The molecule has 3 rings (SSSR count). The number of rotatable bonds is 4. The van der Waals surface area contributed by atoms with Gasteiger partial charge in [-0.25, -0.2) is 4.39 Å². The van der Waals surface area contributed by atoms with Gasteiger partial charge in [0.1, 0.15) is 5.82 Å². The van der Waals surface area contributed by atoms with Crippen LogP contribution in [-0.2, 0) is 19.4 Å². The minimum atomic E-state index is -0.119. The average Bonchev–Trinajstić information content (AvgIpc) is 2.53. The summed E-state index contributed by atoms with van der Waals surface area (Å²) < 4.78 is 14.2. The van der Waals surface area contributed by atoms with Crippen molar-refractivity contribution in [2.24, 2.45) is 0 Å². The zero-order valence-electron chi connectivity index (χ0n) is 12.6. The fraction of sp³-hybridized carbons (Fsp3) is 0.368. The van der Waals surface area contributed by atoms with Gasteiger partial charge in [-0.05, 0) is 60.5 Å². The van der Waals surface area contributed by atoms with Crippen molar-refractivity contribution in [3.63, 3.8) is 0 Å². The molecule has 2 aromatic carbocycles. The van der Waals surface area contributed by atoms with E-state index in [0.717, 1.165) is 29.7 Å². The van der Waals surface area contributed by atoms with E-state index in [4.69, 9.17) is 0 Å². The van der Waals surface area contributed by atoms with Gasteiger partial charge in [-0.15, -0.1) is 0 Å². The highest BCUT2D eigenvalue weighted by atomic mass is 19.1. The zero-order chi connectivity index (χ0) is 14.7. The first kappa shape index (κ1) is 14.3. The molecule has 0 radical (unpaired) electrons. The molecular weight excluding hydrogens is 261 g/mol. The maximum absolute atomic E-state index is 14.2. The highest BCUT2D eigenvalue weighted by molar-refractivity contribution is 5.65. The predicted molar refractivity (Wildman–Crippen MR) is 85.9 cm³/mol. The van der Waals surface area contributed by atoms with Crippen LogP contribution in [0, 0.1) is 5.82 Å². The van der Waals surface area contributed by atoms with Gasteiger partial charge in [0.2, 0.25) is 0 Å². The second kappa shape index (κ2) is 6.40. The molecule has 1 N–H and O–H groups in total. The van der Waals surface area contributed by atoms with Crippen molar-refractivity contribution in [3.8, 4) is 11.1 Å². The molecule has 2 aromatic rings. The molecule has 0 amide bonds. The van der Waals surface area contributed by atoms with E-state index in [-0.39, 0.29) is 5.82 Å². The lowest BCUT2D eigenvalue weighted by Crippen LogP contribution is -2.12. The van der Waals surface area contributed by atoms with Crippen LogP contribution in [0.4, 0.5) is 4.39 Å². The molecule has 1 aliphatic rings. The van der Waals surface area contributed by atoms with E-state index in [1.165, 1.54) is 30.4 Å². The molecule has 0 spiro atoms. The third kappa shape index (κ3) is 3.16. The summed E-state index contributed by atoms with van der Waals surface area (Å²) in [6, 6.07) is 12.2. The van der Waals surface area contributed by atoms with Gasteiger partial charge in [0.25, 0.3) is 0 Å². The lowest BCUT2D eigenvalue weighted by atomic mass is 9.89. The Morgan fingerprint density at radius 2 is 1.67 bits per heavy atom. The third-order valence-corrected chi connectivity index (χ3v) is 4.30. The Hall–Kier alpha value is -1.67. The predicted octanol–water partition coefficient (Wildman–Crippen LogP) is 4.48. The fourth-order valence-corrected chi connectivity index (χ4v) is 3.04. The minimum absolute atomic E-state index is 0.119. The van der Waals surface area contributed by atoms with E-state index in [9.17, 15) is 4.39 Å². The highest BCUT2D eigenvalue weighted by Gasteiger charge is 2.11. The average molecular weight is 283 g/mol. The molecule has 0 aromatic heterocycles. The summed E-state index contributed by atoms with van der Waals surface area (Å²) in [5, 5.41) is 3.17. The first-order valence-electron chi connectivity index (χ1n) is 7.89.